The van der Waals surface area contributed by atoms with Crippen LogP contribution in [-0.4, -0.2) is 15.6 Å². The van der Waals surface area contributed by atoms with Crippen molar-refractivity contribution in [3.05, 3.63) is 64.8 Å². The molecule has 2 aromatic carbocycles. The summed E-state index contributed by atoms with van der Waals surface area (Å²) < 4.78 is 1.77. The molecular weight excluding hydrogens is 260 g/mol. The molecule has 106 valence electrons. The third-order valence-corrected chi connectivity index (χ3v) is 3.88. The first kappa shape index (κ1) is 13.6. The van der Waals surface area contributed by atoms with Gasteiger partial charge in [0, 0.05) is 18.9 Å². The Hall–Kier alpha value is -2.42. The number of hydrogen-bond donors (Lipinski definition) is 0. The Morgan fingerprint density at radius 3 is 2.71 bits per heavy atom. The summed E-state index contributed by atoms with van der Waals surface area (Å²) in [7, 11) is 1.87. The van der Waals surface area contributed by atoms with Crippen molar-refractivity contribution in [3.8, 4) is 0 Å². The van der Waals surface area contributed by atoms with Crippen LogP contribution >= 0.6 is 0 Å². The van der Waals surface area contributed by atoms with Gasteiger partial charge < -0.3 is 0 Å². The van der Waals surface area contributed by atoms with Gasteiger partial charge in [-0.25, -0.2) is 0 Å². The lowest BCUT2D eigenvalue weighted by Crippen LogP contribution is -2.07. The number of nitrogens with zero attached hydrogens (tertiary/aromatic N) is 2. The van der Waals surface area contributed by atoms with Crippen molar-refractivity contribution < 1.29 is 4.79 Å². The average molecular weight is 278 g/mol. The van der Waals surface area contributed by atoms with E-state index in [2.05, 4.69) is 23.3 Å². The van der Waals surface area contributed by atoms with Crippen molar-refractivity contribution in [3.63, 3.8) is 0 Å². The van der Waals surface area contributed by atoms with Crippen LogP contribution in [0.5, 0.6) is 0 Å². The van der Waals surface area contributed by atoms with Crippen molar-refractivity contribution in [1.29, 1.82) is 0 Å². The highest BCUT2D eigenvalue weighted by molar-refractivity contribution is 6.06. The van der Waals surface area contributed by atoms with E-state index in [-0.39, 0.29) is 5.78 Å². The molecule has 0 fully saturated rings. The molecule has 1 aromatic heterocycles. The van der Waals surface area contributed by atoms with Crippen LogP contribution in [0.4, 0.5) is 0 Å². The summed E-state index contributed by atoms with van der Waals surface area (Å²) in [6.07, 6.45) is 0.397. The third kappa shape index (κ3) is 2.47. The summed E-state index contributed by atoms with van der Waals surface area (Å²) in [5, 5.41) is 5.33. The smallest absolute Gasteiger partial charge is 0.188 e. The number of aromatic nitrogens is 2. The molecule has 0 spiro atoms. The van der Waals surface area contributed by atoms with Gasteiger partial charge in [0.25, 0.3) is 0 Å². The van der Waals surface area contributed by atoms with E-state index in [1.807, 2.05) is 45.2 Å². The van der Waals surface area contributed by atoms with Gasteiger partial charge in [0.05, 0.1) is 5.52 Å². The van der Waals surface area contributed by atoms with Crippen LogP contribution in [0.2, 0.25) is 0 Å². The quantitative estimate of drug-likeness (QED) is 0.686. The second-order valence-electron chi connectivity index (χ2n) is 5.52. The highest BCUT2D eigenvalue weighted by Crippen LogP contribution is 2.20. The predicted octanol–water partition coefficient (Wildman–Crippen LogP) is 3.62. The fraction of sp³-hybridized carbons (Fsp3) is 0.222. The van der Waals surface area contributed by atoms with E-state index in [9.17, 15) is 4.79 Å². The SMILES string of the molecule is Cc1ccc(C)c(CC(=O)c2nn(C)c3ccccc23)c1. The maximum atomic E-state index is 12.6. The van der Waals surface area contributed by atoms with Crippen LogP contribution in [0.25, 0.3) is 10.9 Å². The molecule has 0 atom stereocenters. The van der Waals surface area contributed by atoms with Gasteiger partial charge in [-0.3, -0.25) is 9.48 Å². The van der Waals surface area contributed by atoms with Gasteiger partial charge in [-0.2, -0.15) is 5.10 Å². The zero-order valence-corrected chi connectivity index (χ0v) is 12.6. The molecule has 0 saturated carbocycles. The molecule has 0 unspecified atom stereocenters. The van der Waals surface area contributed by atoms with Gasteiger partial charge in [-0.05, 0) is 31.0 Å². The number of fused-ring (bicyclic) bond motifs is 1. The first-order valence-electron chi connectivity index (χ1n) is 7.07. The van der Waals surface area contributed by atoms with Crippen molar-refractivity contribution in [2.45, 2.75) is 20.3 Å². The summed E-state index contributed by atoms with van der Waals surface area (Å²) in [4.78, 5) is 12.6. The molecule has 3 rings (SSSR count). The van der Waals surface area contributed by atoms with E-state index < -0.39 is 0 Å². The first-order chi connectivity index (χ1) is 10.1. The minimum absolute atomic E-state index is 0.0699. The second kappa shape index (κ2) is 5.17. The molecule has 0 aliphatic heterocycles. The van der Waals surface area contributed by atoms with Gasteiger partial charge in [-0.1, -0.05) is 42.0 Å². The summed E-state index contributed by atoms with van der Waals surface area (Å²) >= 11 is 0. The van der Waals surface area contributed by atoms with Crippen LogP contribution in [0, 0.1) is 13.8 Å². The van der Waals surface area contributed by atoms with E-state index in [0.717, 1.165) is 22.0 Å². The molecule has 0 saturated heterocycles. The van der Waals surface area contributed by atoms with Crippen LogP contribution in [-0.2, 0) is 13.5 Å². The fourth-order valence-electron chi connectivity index (χ4n) is 2.67. The molecular formula is C18H18N2O. The van der Waals surface area contributed by atoms with E-state index in [4.69, 9.17) is 0 Å². The summed E-state index contributed by atoms with van der Waals surface area (Å²) in [6, 6.07) is 14.1. The van der Waals surface area contributed by atoms with Gasteiger partial charge in [-0.15, -0.1) is 0 Å². The normalized spacial score (nSPS) is 11.0. The zero-order chi connectivity index (χ0) is 15.0. The third-order valence-electron chi connectivity index (χ3n) is 3.88. The predicted molar refractivity (Wildman–Crippen MR) is 84.7 cm³/mol. The number of ketones is 1. The lowest BCUT2D eigenvalue weighted by atomic mass is 9.99. The number of Topliss-reactive ketones (excluding diaryl/α,β-unsaturated/α-hetero) is 1. The topological polar surface area (TPSA) is 34.9 Å². The molecule has 0 N–H and O–H groups in total. The zero-order valence-electron chi connectivity index (χ0n) is 12.6. The Labute approximate surface area is 124 Å². The number of carbonyl (C=O) groups excluding carboxylic acids is 1. The summed E-state index contributed by atoms with van der Waals surface area (Å²) in [5.74, 6) is 0.0699. The van der Waals surface area contributed by atoms with Crippen LogP contribution in [0.3, 0.4) is 0 Å². The van der Waals surface area contributed by atoms with Crippen molar-refractivity contribution in [2.75, 3.05) is 0 Å². The Balaban J connectivity index is 2.00. The van der Waals surface area contributed by atoms with Crippen LogP contribution in [0.15, 0.2) is 42.5 Å². The maximum Gasteiger partial charge on any atom is 0.188 e. The molecule has 0 bridgehead atoms. The second-order valence-corrected chi connectivity index (χ2v) is 5.52. The van der Waals surface area contributed by atoms with E-state index >= 15 is 0 Å². The number of carbonyl (C=O) groups is 1. The maximum absolute atomic E-state index is 12.6. The Morgan fingerprint density at radius 1 is 1.14 bits per heavy atom. The molecule has 1 heterocycles. The van der Waals surface area contributed by atoms with Crippen LogP contribution in [0.1, 0.15) is 27.2 Å². The summed E-state index contributed by atoms with van der Waals surface area (Å²) in [6.45, 7) is 4.09. The molecule has 3 aromatic rings. The monoisotopic (exact) mass is 278 g/mol. The lowest BCUT2D eigenvalue weighted by Gasteiger charge is -2.05. The van der Waals surface area contributed by atoms with E-state index in [1.165, 1.54) is 5.56 Å². The number of hydrogen-bond acceptors (Lipinski definition) is 2. The van der Waals surface area contributed by atoms with Gasteiger partial charge in [0.2, 0.25) is 0 Å². The highest BCUT2D eigenvalue weighted by atomic mass is 16.1. The van der Waals surface area contributed by atoms with Crippen molar-refractivity contribution >= 4 is 16.7 Å². The molecule has 0 amide bonds. The Bertz CT molecular complexity index is 830. The van der Waals surface area contributed by atoms with Crippen molar-refractivity contribution in [2.24, 2.45) is 7.05 Å². The average Bonchev–Trinajstić information content (AvgIpc) is 2.81. The molecule has 0 aliphatic carbocycles. The lowest BCUT2D eigenvalue weighted by molar-refractivity contribution is 0.0989. The number of rotatable bonds is 3. The molecule has 0 radical (unpaired) electrons. The number of benzene rings is 2. The molecule has 21 heavy (non-hydrogen) atoms. The van der Waals surface area contributed by atoms with Crippen LogP contribution < -0.4 is 0 Å². The Kier molecular flexibility index (Phi) is 3.34. The van der Waals surface area contributed by atoms with E-state index in [0.29, 0.717) is 12.1 Å². The molecule has 3 heteroatoms. The minimum atomic E-state index is 0.0699. The molecule has 0 aliphatic rings. The van der Waals surface area contributed by atoms with Gasteiger partial charge in [0.15, 0.2) is 5.78 Å². The fourth-order valence-corrected chi connectivity index (χ4v) is 2.67. The first-order valence-corrected chi connectivity index (χ1v) is 7.07. The largest absolute Gasteiger partial charge is 0.292 e. The highest BCUT2D eigenvalue weighted by Gasteiger charge is 2.16. The van der Waals surface area contributed by atoms with Crippen molar-refractivity contribution in [1.82, 2.24) is 9.78 Å². The van der Waals surface area contributed by atoms with Gasteiger partial charge >= 0.3 is 0 Å². The Morgan fingerprint density at radius 2 is 1.90 bits per heavy atom. The standard InChI is InChI=1S/C18H18N2O/c1-12-8-9-13(2)14(10-12)11-17(21)18-15-6-4-5-7-16(15)20(3)19-18/h4-10H,11H2,1-3H3. The van der Waals surface area contributed by atoms with Gasteiger partial charge in [0.1, 0.15) is 5.69 Å². The number of para-hydroxylation sites is 1. The van der Waals surface area contributed by atoms with E-state index in [1.54, 1.807) is 4.68 Å². The molecule has 3 nitrogen and oxygen atoms in total. The summed E-state index contributed by atoms with van der Waals surface area (Å²) in [5.41, 5.74) is 4.95. The number of aryl methyl sites for hydroxylation is 3. The minimum Gasteiger partial charge on any atom is -0.292 e.